The molecule has 3 rings (SSSR count). The van der Waals surface area contributed by atoms with E-state index in [-0.39, 0.29) is 28.7 Å². The summed E-state index contributed by atoms with van der Waals surface area (Å²) >= 11 is 0. The Kier molecular flexibility index (Phi) is 3.43. The maximum atomic E-state index is 12.5. The molecule has 1 heterocycles. The monoisotopic (exact) mass is 292 g/mol. The van der Waals surface area contributed by atoms with E-state index in [0.29, 0.717) is 19.0 Å². The molecule has 3 aliphatic rings. The lowest BCUT2D eigenvalue weighted by Crippen LogP contribution is -2.55. The third kappa shape index (κ3) is 2.14. The van der Waals surface area contributed by atoms with E-state index in [9.17, 15) is 9.59 Å². The van der Waals surface area contributed by atoms with E-state index in [0.717, 1.165) is 12.3 Å². The molecule has 4 nitrogen and oxygen atoms in total. The van der Waals surface area contributed by atoms with E-state index in [1.807, 2.05) is 6.92 Å². The number of rotatable bonds is 4. The number of amides is 2. The van der Waals surface area contributed by atoms with Gasteiger partial charge in [0.2, 0.25) is 11.8 Å². The molecule has 1 aliphatic heterocycles. The molecule has 2 aliphatic carbocycles. The average molecular weight is 292 g/mol. The highest BCUT2D eigenvalue weighted by Crippen LogP contribution is 2.62. The number of carbonyl (C=O) groups is 2. The summed E-state index contributed by atoms with van der Waals surface area (Å²) in [5.41, 5.74) is 0.504. The molecule has 118 valence electrons. The first-order valence-electron chi connectivity index (χ1n) is 8.40. The molecule has 1 N–H and O–H groups in total. The predicted octanol–water partition coefficient (Wildman–Crippen LogP) is 2.33. The lowest BCUT2D eigenvalue weighted by atomic mass is 9.68. The molecule has 21 heavy (non-hydrogen) atoms. The van der Waals surface area contributed by atoms with Crippen LogP contribution >= 0.6 is 0 Å². The zero-order valence-electron chi connectivity index (χ0n) is 13.7. The van der Waals surface area contributed by atoms with E-state index in [1.165, 1.54) is 24.2 Å². The van der Waals surface area contributed by atoms with Gasteiger partial charge in [0.1, 0.15) is 0 Å². The zero-order valence-corrected chi connectivity index (χ0v) is 13.7. The van der Waals surface area contributed by atoms with Gasteiger partial charge in [-0.1, -0.05) is 27.7 Å². The Morgan fingerprint density at radius 1 is 1.29 bits per heavy atom. The van der Waals surface area contributed by atoms with Crippen LogP contribution in [0.15, 0.2) is 0 Å². The molecule has 1 saturated heterocycles. The molecule has 4 unspecified atom stereocenters. The van der Waals surface area contributed by atoms with Crippen LogP contribution in [0.5, 0.6) is 0 Å². The molecule has 0 aromatic heterocycles. The topological polar surface area (TPSA) is 49.4 Å². The van der Waals surface area contributed by atoms with Gasteiger partial charge >= 0.3 is 0 Å². The minimum absolute atomic E-state index is 0.00883. The second kappa shape index (κ2) is 4.80. The fourth-order valence-corrected chi connectivity index (χ4v) is 5.19. The van der Waals surface area contributed by atoms with Crippen LogP contribution in [0.4, 0.5) is 0 Å². The molecule has 0 spiro atoms. The molecule has 0 aromatic rings. The van der Waals surface area contributed by atoms with Gasteiger partial charge in [0.15, 0.2) is 0 Å². The van der Waals surface area contributed by atoms with Gasteiger partial charge in [-0.15, -0.1) is 0 Å². The van der Waals surface area contributed by atoms with Crippen molar-refractivity contribution >= 4 is 11.8 Å². The number of hydrogen-bond donors (Lipinski definition) is 1. The lowest BCUT2D eigenvalue weighted by Gasteiger charge is -2.44. The van der Waals surface area contributed by atoms with Gasteiger partial charge in [0.25, 0.3) is 0 Å². The van der Waals surface area contributed by atoms with Crippen molar-refractivity contribution in [3.05, 3.63) is 0 Å². The van der Waals surface area contributed by atoms with E-state index in [2.05, 4.69) is 26.1 Å². The van der Waals surface area contributed by atoms with Crippen molar-refractivity contribution < 1.29 is 9.59 Å². The summed E-state index contributed by atoms with van der Waals surface area (Å²) in [6, 6.07) is 0.0385. The molecule has 2 amide bonds. The first-order valence-corrected chi connectivity index (χ1v) is 8.40. The molecular weight excluding hydrogens is 264 g/mol. The van der Waals surface area contributed by atoms with Crippen molar-refractivity contribution in [1.29, 1.82) is 0 Å². The molecule has 0 aromatic carbocycles. The minimum Gasteiger partial charge on any atom is -0.302 e. The quantitative estimate of drug-likeness (QED) is 0.809. The van der Waals surface area contributed by atoms with Gasteiger partial charge in [-0.3, -0.25) is 14.5 Å². The summed E-state index contributed by atoms with van der Waals surface area (Å²) < 4.78 is 0. The largest absolute Gasteiger partial charge is 0.302 e. The number of fused-ring (bicyclic) bond motifs is 2. The number of nitrogens with zero attached hydrogens (tertiary/aromatic N) is 1. The third-order valence-corrected chi connectivity index (χ3v) is 6.33. The van der Waals surface area contributed by atoms with Crippen LogP contribution in [0.1, 0.15) is 59.8 Å². The Hall–Kier alpha value is -0.900. The SMILES string of the molecule is CCCN1C(=O)CC(NC2C3(C)CCC(C3)C2(C)C)C1=O. The van der Waals surface area contributed by atoms with Crippen molar-refractivity contribution in [1.82, 2.24) is 10.2 Å². The Balaban J connectivity index is 1.75. The van der Waals surface area contributed by atoms with Crippen molar-refractivity contribution in [2.75, 3.05) is 6.54 Å². The van der Waals surface area contributed by atoms with Crippen molar-refractivity contribution in [3.63, 3.8) is 0 Å². The zero-order chi connectivity index (χ0) is 15.4. The van der Waals surface area contributed by atoms with Crippen LogP contribution in [0.3, 0.4) is 0 Å². The Labute approximate surface area is 127 Å². The number of hydrogen-bond acceptors (Lipinski definition) is 3. The maximum Gasteiger partial charge on any atom is 0.246 e. The smallest absolute Gasteiger partial charge is 0.246 e. The van der Waals surface area contributed by atoms with Crippen molar-refractivity contribution in [3.8, 4) is 0 Å². The molecule has 2 bridgehead atoms. The number of carbonyl (C=O) groups excluding carboxylic acids is 2. The van der Waals surface area contributed by atoms with Gasteiger partial charge in [-0.25, -0.2) is 0 Å². The summed E-state index contributed by atoms with van der Waals surface area (Å²) in [5, 5.41) is 3.60. The molecular formula is C17H28N2O2. The predicted molar refractivity (Wildman–Crippen MR) is 81.6 cm³/mol. The molecule has 2 saturated carbocycles. The van der Waals surface area contributed by atoms with E-state index >= 15 is 0 Å². The van der Waals surface area contributed by atoms with Crippen LogP contribution in [-0.2, 0) is 9.59 Å². The Morgan fingerprint density at radius 3 is 2.57 bits per heavy atom. The molecule has 4 atom stereocenters. The Bertz CT molecular complexity index is 469. The summed E-state index contributed by atoms with van der Waals surface area (Å²) in [5.74, 6) is 0.730. The minimum atomic E-state index is -0.301. The maximum absolute atomic E-state index is 12.5. The molecule has 3 fully saturated rings. The van der Waals surface area contributed by atoms with E-state index < -0.39 is 0 Å². The van der Waals surface area contributed by atoms with Crippen LogP contribution in [0, 0.1) is 16.7 Å². The highest BCUT2D eigenvalue weighted by Gasteiger charge is 2.60. The van der Waals surface area contributed by atoms with Gasteiger partial charge in [0.05, 0.1) is 12.5 Å². The van der Waals surface area contributed by atoms with Gasteiger partial charge in [-0.05, 0) is 42.4 Å². The van der Waals surface area contributed by atoms with Crippen LogP contribution < -0.4 is 5.32 Å². The third-order valence-electron chi connectivity index (χ3n) is 6.33. The highest BCUT2D eigenvalue weighted by molar-refractivity contribution is 6.05. The van der Waals surface area contributed by atoms with Gasteiger partial charge in [0, 0.05) is 12.6 Å². The fraction of sp³-hybridized carbons (Fsp3) is 0.882. The van der Waals surface area contributed by atoms with Crippen LogP contribution in [0.25, 0.3) is 0 Å². The summed E-state index contributed by atoms with van der Waals surface area (Å²) in [4.78, 5) is 25.9. The van der Waals surface area contributed by atoms with E-state index in [4.69, 9.17) is 0 Å². The summed E-state index contributed by atoms with van der Waals surface area (Å²) in [6.45, 7) is 9.56. The van der Waals surface area contributed by atoms with E-state index in [1.54, 1.807) is 0 Å². The fourth-order valence-electron chi connectivity index (χ4n) is 5.19. The van der Waals surface area contributed by atoms with Crippen LogP contribution in [-0.4, -0.2) is 35.3 Å². The molecule has 0 radical (unpaired) electrons. The normalized spacial score (nSPS) is 41.3. The lowest BCUT2D eigenvalue weighted by molar-refractivity contribution is -0.139. The second-order valence-electron chi connectivity index (χ2n) is 8.16. The highest BCUT2D eigenvalue weighted by atomic mass is 16.2. The number of imide groups is 1. The van der Waals surface area contributed by atoms with Crippen molar-refractivity contribution in [2.45, 2.75) is 71.9 Å². The first kappa shape index (κ1) is 15.0. The number of likely N-dealkylation sites (tertiary alicyclic amines) is 1. The van der Waals surface area contributed by atoms with Crippen molar-refractivity contribution in [2.24, 2.45) is 16.7 Å². The first-order chi connectivity index (χ1) is 9.79. The van der Waals surface area contributed by atoms with Gasteiger partial charge < -0.3 is 5.32 Å². The standard InChI is InChI=1S/C17H28N2O2/c1-5-8-19-13(20)9-12(14(19)21)18-15-16(2,3)11-6-7-17(15,4)10-11/h11-12,15,18H,5-10H2,1-4H3. The van der Waals surface area contributed by atoms with Crippen LogP contribution in [0.2, 0.25) is 0 Å². The number of nitrogens with one attached hydrogen (secondary N) is 1. The summed E-state index contributed by atoms with van der Waals surface area (Å²) in [6.07, 6.45) is 4.98. The average Bonchev–Trinajstić information content (AvgIpc) is 2.97. The second-order valence-corrected chi connectivity index (χ2v) is 8.16. The van der Waals surface area contributed by atoms with Gasteiger partial charge in [-0.2, -0.15) is 0 Å². The summed E-state index contributed by atoms with van der Waals surface area (Å²) in [7, 11) is 0. The molecule has 4 heteroatoms. The Morgan fingerprint density at radius 2 is 2.00 bits per heavy atom.